The lowest BCUT2D eigenvalue weighted by molar-refractivity contribution is 0.610. The van der Waals surface area contributed by atoms with Crippen LogP contribution in [0.3, 0.4) is 0 Å². The molecule has 0 fully saturated rings. The molecule has 0 aromatic carbocycles. The summed E-state index contributed by atoms with van der Waals surface area (Å²) in [4.78, 5) is 31.2. The van der Waals surface area contributed by atoms with E-state index in [2.05, 4.69) is 22.0 Å². The standard InChI is InChI=1S/C16H22N6O2/c1-6-7-8-21-12-13(20(5)16(24)18-14(12)23)17-15(21)22-11(4)9(2)10(3)19-22/h6-8H2,1-5H3,(H,18,23,24). The summed E-state index contributed by atoms with van der Waals surface area (Å²) < 4.78 is 4.97. The molecule has 0 atom stereocenters. The van der Waals surface area contributed by atoms with E-state index in [4.69, 9.17) is 0 Å². The van der Waals surface area contributed by atoms with Gasteiger partial charge in [0.25, 0.3) is 5.56 Å². The quantitative estimate of drug-likeness (QED) is 0.781. The van der Waals surface area contributed by atoms with Crippen LogP contribution in [0.5, 0.6) is 0 Å². The number of imidazole rings is 1. The third-order valence-electron chi connectivity index (χ3n) is 4.56. The summed E-state index contributed by atoms with van der Waals surface area (Å²) >= 11 is 0. The van der Waals surface area contributed by atoms with E-state index >= 15 is 0 Å². The van der Waals surface area contributed by atoms with Crippen molar-refractivity contribution >= 4 is 11.2 Å². The molecule has 0 spiro atoms. The van der Waals surface area contributed by atoms with E-state index in [0.717, 1.165) is 29.8 Å². The van der Waals surface area contributed by atoms with Gasteiger partial charge in [-0.1, -0.05) is 13.3 Å². The molecule has 0 aliphatic heterocycles. The van der Waals surface area contributed by atoms with Crippen LogP contribution in [-0.4, -0.2) is 28.9 Å². The molecule has 0 unspecified atom stereocenters. The Balaban J connectivity index is 2.40. The maximum atomic E-state index is 12.4. The topological polar surface area (TPSA) is 90.5 Å². The van der Waals surface area contributed by atoms with Crippen LogP contribution in [0.1, 0.15) is 36.7 Å². The average Bonchev–Trinajstić information content (AvgIpc) is 3.04. The molecule has 1 N–H and O–H groups in total. The molecule has 0 amide bonds. The van der Waals surface area contributed by atoms with Gasteiger partial charge < -0.3 is 4.57 Å². The molecule has 8 nitrogen and oxygen atoms in total. The third-order valence-corrected chi connectivity index (χ3v) is 4.56. The number of hydrogen-bond acceptors (Lipinski definition) is 4. The molecule has 3 aromatic rings. The van der Waals surface area contributed by atoms with E-state index in [0.29, 0.717) is 23.7 Å². The van der Waals surface area contributed by atoms with Gasteiger partial charge in [0.15, 0.2) is 11.2 Å². The van der Waals surface area contributed by atoms with Crippen molar-refractivity contribution in [2.75, 3.05) is 0 Å². The Hall–Kier alpha value is -2.64. The molecule has 3 rings (SSSR count). The summed E-state index contributed by atoms with van der Waals surface area (Å²) in [5.74, 6) is 0.568. The molecule has 128 valence electrons. The second-order valence-electron chi connectivity index (χ2n) is 6.12. The fourth-order valence-corrected chi connectivity index (χ4v) is 2.83. The maximum Gasteiger partial charge on any atom is 0.329 e. The second kappa shape index (κ2) is 5.77. The van der Waals surface area contributed by atoms with E-state index in [1.807, 2.05) is 25.3 Å². The summed E-state index contributed by atoms with van der Waals surface area (Å²) in [5, 5.41) is 4.56. The zero-order valence-electron chi connectivity index (χ0n) is 14.7. The molecule has 3 aromatic heterocycles. The van der Waals surface area contributed by atoms with E-state index in [9.17, 15) is 9.59 Å². The number of aromatic nitrogens is 6. The molecule has 8 heteroatoms. The van der Waals surface area contributed by atoms with Crippen LogP contribution < -0.4 is 11.2 Å². The van der Waals surface area contributed by atoms with Crippen molar-refractivity contribution in [3.63, 3.8) is 0 Å². The van der Waals surface area contributed by atoms with E-state index in [1.165, 1.54) is 4.57 Å². The Kier molecular flexibility index (Phi) is 3.90. The van der Waals surface area contributed by atoms with E-state index < -0.39 is 11.2 Å². The van der Waals surface area contributed by atoms with Crippen molar-refractivity contribution in [1.29, 1.82) is 0 Å². The number of nitrogens with zero attached hydrogens (tertiary/aromatic N) is 5. The van der Waals surface area contributed by atoms with Crippen molar-refractivity contribution in [2.24, 2.45) is 7.05 Å². The van der Waals surface area contributed by atoms with Crippen molar-refractivity contribution in [3.05, 3.63) is 37.8 Å². The summed E-state index contributed by atoms with van der Waals surface area (Å²) in [6.45, 7) is 8.66. The number of unbranched alkanes of at least 4 members (excludes halogenated alkanes) is 1. The molecule has 0 radical (unpaired) electrons. The van der Waals surface area contributed by atoms with Crippen LogP contribution in [0.2, 0.25) is 0 Å². The molecular formula is C16H22N6O2. The van der Waals surface area contributed by atoms with E-state index in [1.54, 1.807) is 11.7 Å². The minimum Gasteiger partial charge on any atom is -0.302 e. The van der Waals surface area contributed by atoms with Crippen LogP contribution in [0, 0.1) is 20.8 Å². The Labute approximate surface area is 138 Å². The minimum absolute atomic E-state index is 0.375. The number of fused-ring (bicyclic) bond motifs is 1. The number of aryl methyl sites for hydroxylation is 3. The van der Waals surface area contributed by atoms with Crippen LogP contribution in [-0.2, 0) is 13.6 Å². The van der Waals surface area contributed by atoms with Crippen molar-refractivity contribution in [1.82, 2.24) is 28.9 Å². The summed E-state index contributed by atoms with van der Waals surface area (Å²) in [6, 6.07) is 0. The predicted molar refractivity (Wildman–Crippen MR) is 91.8 cm³/mol. The molecular weight excluding hydrogens is 308 g/mol. The molecule has 3 heterocycles. The summed E-state index contributed by atoms with van der Waals surface area (Å²) in [5.41, 5.74) is 2.88. The minimum atomic E-state index is -0.469. The first-order chi connectivity index (χ1) is 11.4. The molecule has 0 saturated heterocycles. The monoisotopic (exact) mass is 330 g/mol. The fourth-order valence-electron chi connectivity index (χ4n) is 2.83. The summed E-state index contributed by atoms with van der Waals surface area (Å²) in [7, 11) is 1.61. The second-order valence-corrected chi connectivity index (χ2v) is 6.12. The van der Waals surface area contributed by atoms with Crippen LogP contribution in [0.4, 0.5) is 0 Å². The van der Waals surface area contributed by atoms with Gasteiger partial charge in [0, 0.05) is 19.3 Å². The fraction of sp³-hybridized carbons (Fsp3) is 0.500. The van der Waals surface area contributed by atoms with Gasteiger partial charge in [0.05, 0.1) is 5.69 Å². The van der Waals surface area contributed by atoms with Crippen molar-refractivity contribution in [2.45, 2.75) is 47.1 Å². The van der Waals surface area contributed by atoms with E-state index in [-0.39, 0.29) is 0 Å². The number of hydrogen-bond donors (Lipinski definition) is 1. The number of H-pyrrole nitrogens is 1. The van der Waals surface area contributed by atoms with Gasteiger partial charge in [-0.25, -0.2) is 9.48 Å². The Morgan fingerprint density at radius 3 is 2.46 bits per heavy atom. The molecule has 0 aliphatic rings. The lowest BCUT2D eigenvalue weighted by atomic mass is 10.2. The first kappa shape index (κ1) is 16.2. The summed E-state index contributed by atoms with van der Waals surface area (Å²) in [6.07, 6.45) is 1.89. The number of nitrogens with one attached hydrogen (secondary N) is 1. The Morgan fingerprint density at radius 1 is 1.17 bits per heavy atom. The van der Waals surface area contributed by atoms with Crippen molar-refractivity contribution in [3.8, 4) is 5.95 Å². The average molecular weight is 330 g/mol. The van der Waals surface area contributed by atoms with Crippen LogP contribution >= 0.6 is 0 Å². The smallest absolute Gasteiger partial charge is 0.302 e. The number of rotatable bonds is 4. The SMILES string of the molecule is CCCCn1c(-n2nc(C)c(C)c2C)nc2c1c(=O)[nH]c(=O)n2C. The molecule has 0 aliphatic carbocycles. The Morgan fingerprint density at radius 2 is 1.88 bits per heavy atom. The number of aromatic amines is 1. The Bertz CT molecular complexity index is 1030. The third kappa shape index (κ3) is 2.29. The lowest BCUT2D eigenvalue weighted by Gasteiger charge is -2.09. The van der Waals surface area contributed by atoms with Crippen LogP contribution in [0.15, 0.2) is 9.59 Å². The van der Waals surface area contributed by atoms with Crippen molar-refractivity contribution < 1.29 is 0 Å². The van der Waals surface area contributed by atoms with Gasteiger partial charge in [0.2, 0.25) is 5.95 Å². The lowest BCUT2D eigenvalue weighted by Crippen LogP contribution is -2.29. The van der Waals surface area contributed by atoms with Gasteiger partial charge in [0.1, 0.15) is 0 Å². The van der Waals surface area contributed by atoms with Crippen LogP contribution in [0.25, 0.3) is 17.1 Å². The van der Waals surface area contributed by atoms with Gasteiger partial charge in [-0.2, -0.15) is 10.1 Å². The van der Waals surface area contributed by atoms with Gasteiger partial charge in [-0.3, -0.25) is 14.3 Å². The highest BCUT2D eigenvalue weighted by molar-refractivity contribution is 5.72. The first-order valence-corrected chi connectivity index (χ1v) is 8.09. The highest BCUT2D eigenvalue weighted by atomic mass is 16.2. The maximum absolute atomic E-state index is 12.4. The zero-order chi connectivity index (χ0) is 17.6. The van der Waals surface area contributed by atoms with Gasteiger partial charge in [-0.05, 0) is 32.8 Å². The predicted octanol–water partition coefficient (Wildman–Crippen LogP) is 1.33. The largest absolute Gasteiger partial charge is 0.329 e. The van der Waals surface area contributed by atoms with Gasteiger partial charge >= 0.3 is 5.69 Å². The molecule has 0 saturated carbocycles. The molecule has 0 bridgehead atoms. The zero-order valence-corrected chi connectivity index (χ0v) is 14.7. The highest BCUT2D eigenvalue weighted by Crippen LogP contribution is 2.20. The normalized spacial score (nSPS) is 11.5. The van der Waals surface area contributed by atoms with Gasteiger partial charge in [-0.15, -0.1) is 0 Å². The first-order valence-electron chi connectivity index (χ1n) is 8.09. The molecule has 24 heavy (non-hydrogen) atoms. The highest BCUT2D eigenvalue weighted by Gasteiger charge is 2.21.